The molecule has 2 aliphatic rings. The van der Waals surface area contributed by atoms with Gasteiger partial charge in [-0.25, -0.2) is 18.1 Å². The lowest BCUT2D eigenvalue weighted by atomic mass is 10.1. The number of carbonyl (C=O) groups excluding carboxylic acids is 1. The fraction of sp³-hybridized carbons (Fsp3) is 0.435. The van der Waals surface area contributed by atoms with Gasteiger partial charge in [-0.1, -0.05) is 19.1 Å². The Morgan fingerprint density at radius 3 is 2.71 bits per heavy atom. The fourth-order valence-electron chi connectivity index (χ4n) is 4.39. The smallest absolute Gasteiger partial charge is 0.256 e. The van der Waals surface area contributed by atoms with Crippen molar-refractivity contribution in [3.05, 3.63) is 52.8 Å². The lowest BCUT2D eigenvalue weighted by molar-refractivity contribution is 0.102. The molecule has 0 unspecified atom stereocenters. The van der Waals surface area contributed by atoms with Gasteiger partial charge in [0.05, 0.1) is 34.2 Å². The molecule has 1 atom stereocenters. The van der Waals surface area contributed by atoms with Gasteiger partial charge in [0, 0.05) is 17.3 Å². The molecule has 0 radical (unpaired) electrons. The van der Waals surface area contributed by atoms with Crippen LogP contribution in [0.1, 0.15) is 65.5 Å². The van der Waals surface area contributed by atoms with Crippen LogP contribution in [0.25, 0.3) is 11.0 Å². The van der Waals surface area contributed by atoms with Gasteiger partial charge in [0.25, 0.3) is 5.91 Å². The summed E-state index contributed by atoms with van der Waals surface area (Å²) in [6.07, 6.45) is 3.54. The Labute approximate surface area is 181 Å². The maximum atomic E-state index is 13.3. The minimum absolute atomic E-state index is 0.0733. The number of hydrogen-bond donors (Lipinski definition) is 1. The van der Waals surface area contributed by atoms with Gasteiger partial charge >= 0.3 is 0 Å². The van der Waals surface area contributed by atoms with Gasteiger partial charge in [-0.15, -0.1) is 0 Å². The monoisotopic (exact) mass is 438 g/mol. The molecule has 1 N–H and O–H groups in total. The minimum atomic E-state index is -3.06. The van der Waals surface area contributed by atoms with Crippen molar-refractivity contribution in [2.75, 3.05) is 16.8 Å². The molecule has 0 bridgehead atoms. The summed E-state index contributed by atoms with van der Waals surface area (Å²) in [6, 6.07) is 9.50. The van der Waals surface area contributed by atoms with Crippen molar-refractivity contribution in [3.8, 4) is 0 Å². The molecule has 1 saturated carbocycles. The Kier molecular flexibility index (Phi) is 4.84. The molecule has 3 aromatic rings. The number of nitrogens with zero attached hydrogens (tertiary/aromatic N) is 3. The van der Waals surface area contributed by atoms with Crippen molar-refractivity contribution in [2.24, 2.45) is 0 Å². The second-order valence-corrected chi connectivity index (χ2v) is 10.9. The molecule has 2 fully saturated rings. The van der Waals surface area contributed by atoms with E-state index in [2.05, 4.69) is 17.3 Å². The van der Waals surface area contributed by atoms with Gasteiger partial charge < -0.3 is 5.32 Å². The number of rotatable bonds is 5. The van der Waals surface area contributed by atoms with Crippen molar-refractivity contribution in [1.82, 2.24) is 14.8 Å². The molecule has 8 heteroatoms. The Morgan fingerprint density at radius 2 is 2.03 bits per heavy atom. The SMILES string of the molecule is CCc1cccc(NC(=O)c2cc(C3CC3)nc3c2c(C)nn3[C@@H]2CCS(=O)(=O)C2)c1. The molecule has 7 nitrogen and oxygen atoms in total. The fourth-order valence-corrected chi connectivity index (χ4v) is 6.08. The minimum Gasteiger partial charge on any atom is -0.322 e. The van der Waals surface area contributed by atoms with Crippen LogP contribution in [0.2, 0.25) is 0 Å². The van der Waals surface area contributed by atoms with Crippen LogP contribution in [0.15, 0.2) is 30.3 Å². The number of aryl methyl sites for hydroxylation is 2. The van der Waals surface area contributed by atoms with Crippen molar-refractivity contribution in [1.29, 1.82) is 0 Å². The van der Waals surface area contributed by atoms with E-state index in [1.165, 1.54) is 0 Å². The average Bonchev–Trinajstić information content (AvgIpc) is 3.46. The first-order chi connectivity index (χ1) is 14.8. The maximum absolute atomic E-state index is 13.3. The van der Waals surface area contributed by atoms with Gasteiger partial charge in [0.15, 0.2) is 15.5 Å². The van der Waals surface area contributed by atoms with Crippen LogP contribution in [-0.4, -0.2) is 40.6 Å². The molecule has 1 amide bonds. The van der Waals surface area contributed by atoms with Crippen molar-refractivity contribution in [3.63, 3.8) is 0 Å². The second-order valence-electron chi connectivity index (χ2n) is 8.66. The largest absolute Gasteiger partial charge is 0.322 e. The van der Waals surface area contributed by atoms with Crippen molar-refractivity contribution < 1.29 is 13.2 Å². The summed E-state index contributed by atoms with van der Waals surface area (Å²) in [5, 5.41) is 8.38. The van der Waals surface area contributed by atoms with E-state index in [0.29, 0.717) is 34.6 Å². The summed E-state index contributed by atoms with van der Waals surface area (Å²) in [7, 11) is -3.06. The van der Waals surface area contributed by atoms with Gasteiger partial charge in [0.2, 0.25) is 0 Å². The van der Waals surface area contributed by atoms with E-state index >= 15 is 0 Å². The highest BCUT2D eigenvalue weighted by atomic mass is 32.2. The Hall–Kier alpha value is -2.74. The lowest BCUT2D eigenvalue weighted by Gasteiger charge is -2.12. The van der Waals surface area contributed by atoms with E-state index in [9.17, 15) is 13.2 Å². The summed E-state index contributed by atoms with van der Waals surface area (Å²) in [5.74, 6) is 0.408. The van der Waals surface area contributed by atoms with Crippen LogP contribution in [0.3, 0.4) is 0 Å². The zero-order valence-electron chi connectivity index (χ0n) is 17.8. The molecule has 1 aromatic carbocycles. The highest BCUT2D eigenvalue weighted by Gasteiger charge is 2.34. The number of anilines is 1. The molecule has 162 valence electrons. The van der Waals surface area contributed by atoms with E-state index in [1.54, 1.807) is 4.68 Å². The number of sulfone groups is 1. The molecular formula is C23H26N4O3S. The van der Waals surface area contributed by atoms with Gasteiger partial charge in [-0.3, -0.25) is 4.79 Å². The number of carbonyl (C=O) groups is 1. The van der Waals surface area contributed by atoms with Crippen LogP contribution in [0.4, 0.5) is 5.69 Å². The molecule has 2 aromatic heterocycles. The predicted molar refractivity (Wildman–Crippen MR) is 120 cm³/mol. The third kappa shape index (κ3) is 3.84. The van der Waals surface area contributed by atoms with E-state index in [1.807, 2.05) is 37.3 Å². The maximum Gasteiger partial charge on any atom is 0.256 e. The predicted octanol–water partition coefficient (Wildman–Crippen LogP) is 3.79. The topological polar surface area (TPSA) is 93.9 Å². The summed E-state index contributed by atoms with van der Waals surface area (Å²) in [5.41, 5.74) is 4.68. The summed E-state index contributed by atoms with van der Waals surface area (Å²) < 4.78 is 25.8. The molecule has 31 heavy (non-hydrogen) atoms. The van der Waals surface area contributed by atoms with Crippen molar-refractivity contribution in [2.45, 2.75) is 51.5 Å². The molecule has 1 aliphatic heterocycles. The standard InChI is InChI=1S/C23H26N4O3S/c1-3-15-5-4-6-17(11-15)24-23(28)19-12-20(16-7-8-16)25-22-21(19)14(2)26-27(22)18-9-10-31(29,30)13-18/h4-6,11-12,16,18H,3,7-10,13H2,1-2H3,(H,24,28)/t18-/m1/s1. The molecule has 0 spiro atoms. The van der Waals surface area contributed by atoms with Crippen LogP contribution < -0.4 is 5.32 Å². The number of fused-ring (bicyclic) bond motifs is 1. The molecule has 1 saturated heterocycles. The molecule has 3 heterocycles. The van der Waals surface area contributed by atoms with Crippen LogP contribution in [0.5, 0.6) is 0 Å². The third-order valence-electron chi connectivity index (χ3n) is 6.24. The zero-order valence-corrected chi connectivity index (χ0v) is 18.6. The number of aromatic nitrogens is 3. The van der Waals surface area contributed by atoms with Crippen LogP contribution in [0, 0.1) is 6.92 Å². The third-order valence-corrected chi connectivity index (χ3v) is 7.99. The zero-order chi connectivity index (χ0) is 21.8. The van der Waals surface area contributed by atoms with E-state index < -0.39 is 9.84 Å². The second kappa shape index (κ2) is 7.44. The number of benzene rings is 1. The lowest BCUT2D eigenvalue weighted by Crippen LogP contribution is -2.15. The summed E-state index contributed by atoms with van der Waals surface area (Å²) in [4.78, 5) is 18.2. The van der Waals surface area contributed by atoms with Crippen molar-refractivity contribution >= 4 is 32.5 Å². The molecule has 5 rings (SSSR count). The van der Waals surface area contributed by atoms with Gasteiger partial charge in [0.1, 0.15) is 0 Å². The van der Waals surface area contributed by atoms with E-state index in [-0.39, 0.29) is 23.5 Å². The van der Waals surface area contributed by atoms with Crippen LogP contribution >= 0.6 is 0 Å². The summed E-state index contributed by atoms with van der Waals surface area (Å²) in [6.45, 7) is 3.94. The average molecular weight is 439 g/mol. The Balaban J connectivity index is 1.59. The highest BCUT2D eigenvalue weighted by molar-refractivity contribution is 7.91. The first-order valence-corrected chi connectivity index (χ1v) is 12.7. The molecular weight excluding hydrogens is 412 g/mol. The quantitative estimate of drug-likeness (QED) is 0.654. The van der Waals surface area contributed by atoms with Crippen LogP contribution in [-0.2, 0) is 16.3 Å². The summed E-state index contributed by atoms with van der Waals surface area (Å²) >= 11 is 0. The van der Waals surface area contributed by atoms with E-state index in [4.69, 9.17) is 4.98 Å². The number of nitrogens with one attached hydrogen (secondary N) is 1. The first-order valence-electron chi connectivity index (χ1n) is 10.8. The normalized spacial score (nSPS) is 20.3. The Bertz CT molecular complexity index is 1290. The van der Waals surface area contributed by atoms with Gasteiger partial charge in [-0.2, -0.15) is 5.10 Å². The van der Waals surface area contributed by atoms with E-state index in [0.717, 1.165) is 36.2 Å². The number of pyridine rings is 1. The highest BCUT2D eigenvalue weighted by Crippen LogP contribution is 2.41. The Morgan fingerprint density at radius 1 is 1.23 bits per heavy atom. The first kappa shape index (κ1) is 20.2. The van der Waals surface area contributed by atoms with Gasteiger partial charge in [-0.05, 0) is 56.4 Å². The number of amides is 1. The number of hydrogen-bond acceptors (Lipinski definition) is 5. The molecule has 1 aliphatic carbocycles.